The van der Waals surface area contributed by atoms with Crippen LogP contribution in [0.1, 0.15) is 0 Å². The number of rotatable bonds is 0. The van der Waals surface area contributed by atoms with Crippen LogP contribution < -0.4 is 0 Å². The van der Waals surface area contributed by atoms with Crippen molar-refractivity contribution in [2.45, 2.75) is 5.25 Å². The maximum absolute atomic E-state index is 4.22. The Morgan fingerprint density at radius 3 is 2.71 bits per heavy atom. The second-order valence-electron chi connectivity index (χ2n) is 1.85. The first-order valence-electron chi connectivity index (χ1n) is 2.35. The van der Waals surface area contributed by atoms with Gasteiger partial charge in [0.05, 0.1) is 0 Å². The van der Waals surface area contributed by atoms with Gasteiger partial charge >= 0.3 is 0 Å². The van der Waals surface area contributed by atoms with Gasteiger partial charge in [-0.2, -0.15) is 12.6 Å². The molecule has 0 bridgehead atoms. The largest absolute Gasteiger partial charge is 0.379 e. The summed E-state index contributed by atoms with van der Waals surface area (Å²) in [4.78, 5) is 2.12. The Kier molecular flexibility index (Phi) is 1.28. The average Bonchev–Trinajstić information content (AvgIpc) is 1.87. The van der Waals surface area contributed by atoms with Crippen molar-refractivity contribution in [2.24, 2.45) is 0 Å². The van der Waals surface area contributed by atoms with Crippen LogP contribution in [0.15, 0.2) is 12.3 Å². The topological polar surface area (TPSA) is 3.24 Å². The molecule has 0 aliphatic carbocycles. The van der Waals surface area contributed by atoms with E-state index >= 15 is 0 Å². The number of hydrogen-bond acceptors (Lipinski definition) is 2. The van der Waals surface area contributed by atoms with Crippen LogP contribution in [0.4, 0.5) is 0 Å². The predicted molar refractivity (Wildman–Crippen MR) is 34.5 cm³/mol. The van der Waals surface area contributed by atoms with E-state index in [1.54, 1.807) is 0 Å². The zero-order valence-corrected chi connectivity index (χ0v) is 5.23. The standard InChI is InChI=1S/C5H9NS/c1-6-3-2-5(7)4-6/h2-3,5,7H,4H2,1H3. The molecule has 0 amide bonds. The summed E-state index contributed by atoms with van der Waals surface area (Å²) in [5.74, 6) is 0. The van der Waals surface area contributed by atoms with Crippen LogP contribution in [-0.2, 0) is 0 Å². The molecule has 0 radical (unpaired) electrons. The van der Waals surface area contributed by atoms with E-state index in [1.807, 2.05) is 7.05 Å². The third-order valence-corrected chi connectivity index (χ3v) is 1.37. The molecule has 1 aliphatic rings. The Labute approximate surface area is 49.4 Å². The summed E-state index contributed by atoms with van der Waals surface area (Å²) in [6, 6.07) is 0. The lowest BCUT2D eigenvalue weighted by Crippen LogP contribution is -2.11. The highest BCUT2D eigenvalue weighted by molar-refractivity contribution is 7.81. The summed E-state index contributed by atoms with van der Waals surface area (Å²) in [6.45, 7) is 1.06. The lowest BCUT2D eigenvalue weighted by Gasteiger charge is -2.05. The average molecular weight is 115 g/mol. The van der Waals surface area contributed by atoms with Gasteiger partial charge in [-0.05, 0) is 6.20 Å². The Morgan fingerprint density at radius 2 is 2.57 bits per heavy atom. The fourth-order valence-corrected chi connectivity index (χ4v) is 0.998. The molecule has 1 heterocycles. The minimum Gasteiger partial charge on any atom is -0.379 e. The third kappa shape index (κ3) is 1.13. The summed E-state index contributed by atoms with van der Waals surface area (Å²) < 4.78 is 0. The summed E-state index contributed by atoms with van der Waals surface area (Å²) in [6.07, 6.45) is 4.14. The molecule has 0 aromatic rings. The highest BCUT2D eigenvalue weighted by atomic mass is 32.1. The fraction of sp³-hybridized carbons (Fsp3) is 0.600. The SMILES string of the molecule is CN1C=CC(S)C1. The van der Waals surface area contributed by atoms with Crippen LogP contribution >= 0.6 is 12.6 Å². The molecule has 0 aromatic carbocycles. The summed E-state index contributed by atoms with van der Waals surface area (Å²) in [7, 11) is 2.05. The van der Waals surface area contributed by atoms with Crippen molar-refractivity contribution in [2.75, 3.05) is 13.6 Å². The molecular formula is C5H9NS. The van der Waals surface area contributed by atoms with Crippen molar-refractivity contribution in [3.8, 4) is 0 Å². The van der Waals surface area contributed by atoms with E-state index < -0.39 is 0 Å². The fourth-order valence-electron chi connectivity index (χ4n) is 0.663. The van der Waals surface area contributed by atoms with Crippen LogP contribution in [0.5, 0.6) is 0 Å². The molecular weight excluding hydrogens is 106 g/mol. The van der Waals surface area contributed by atoms with Gasteiger partial charge in [-0.3, -0.25) is 0 Å². The van der Waals surface area contributed by atoms with E-state index in [0.717, 1.165) is 6.54 Å². The highest BCUT2D eigenvalue weighted by Gasteiger charge is 2.05. The van der Waals surface area contributed by atoms with E-state index in [4.69, 9.17) is 0 Å². The smallest absolute Gasteiger partial charge is 0.0389 e. The van der Waals surface area contributed by atoms with E-state index in [1.165, 1.54) is 0 Å². The molecule has 2 heteroatoms. The van der Waals surface area contributed by atoms with E-state index in [2.05, 4.69) is 29.8 Å². The Bertz CT molecular complexity index is 80.1. The monoisotopic (exact) mass is 115 g/mol. The highest BCUT2D eigenvalue weighted by Crippen LogP contribution is 2.06. The minimum absolute atomic E-state index is 0.463. The van der Waals surface area contributed by atoms with Gasteiger partial charge in [0, 0.05) is 18.8 Å². The van der Waals surface area contributed by atoms with Gasteiger partial charge in [0.2, 0.25) is 0 Å². The molecule has 0 saturated carbocycles. The molecule has 40 valence electrons. The maximum Gasteiger partial charge on any atom is 0.0389 e. The Hall–Kier alpha value is -0.110. The van der Waals surface area contributed by atoms with Crippen molar-refractivity contribution in [3.05, 3.63) is 12.3 Å². The Balaban J connectivity index is 2.42. The maximum atomic E-state index is 4.22. The number of thiol groups is 1. The Morgan fingerprint density at radius 1 is 1.86 bits per heavy atom. The quantitative estimate of drug-likeness (QED) is 0.456. The normalized spacial score (nSPS) is 29.4. The molecule has 0 spiro atoms. The molecule has 1 unspecified atom stereocenters. The molecule has 1 aliphatic heterocycles. The minimum atomic E-state index is 0.463. The molecule has 1 rings (SSSR count). The van der Waals surface area contributed by atoms with Gasteiger partial charge in [0.1, 0.15) is 0 Å². The first-order chi connectivity index (χ1) is 3.29. The lowest BCUT2D eigenvalue weighted by atomic mass is 10.5. The lowest BCUT2D eigenvalue weighted by molar-refractivity contribution is 0.500. The first kappa shape index (κ1) is 5.04. The van der Waals surface area contributed by atoms with Crippen molar-refractivity contribution in [1.29, 1.82) is 0 Å². The molecule has 1 atom stereocenters. The van der Waals surface area contributed by atoms with Crippen LogP contribution in [-0.4, -0.2) is 23.7 Å². The first-order valence-corrected chi connectivity index (χ1v) is 2.87. The van der Waals surface area contributed by atoms with Gasteiger partial charge in [-0.1, -0.05) is 6.08 Å². The zero-order valence-electron chi connectivity index (χ0n) is 4.33. The number of nitrogens with zero attached hydrogens (tertiary/aromatic N) is 1. The van der Waals surface area contributed by atoms with Crippen molar-refractivity contribution in [1.82, 2.24) is 4.90 Å². The summed E-state index contributed by atoms with van der Waals surface area (Å²) >= 11 is 4.22. The van der Waals surface area contributed by atoms with Crippen molar-refractivity contribution in [3.63, 3.8) is 0 Å². The van der Waals surface area contributed by atoms with Crippen molar-refractivity contribution >= 4 is 12.6 Å². The molecule has 0 N–H and O–H groups in total. The molecule has 1 nitrogen and oxygen atoms in total. The van der Waals surface area contributed by atoms with E-state index in [9.17, 15) is 0 Å². The molecule has 0 fully saturated rings. The number of hydrogen-bond donors (Lipinski definition) is 1. The van der Waals surface area contributed by atoms with Gasteiger partial charge in [0.25, 0.3) is 0 Å². The van der Waals surface area contributed by atoms with Crippen LogP contribution in [0, 0.1) is 0 Å². The van der Waals surface area contributed by atoms with Crippen LogP contribution in [0.2, 0.25) is 0 Å². The van der Waals surface area contributed by atoms with Gasteiger partial charge in [-0.15, -0.1) is 0 Å². The summed E-state index contributed by atoms with van der Waals surface area (Å²) in [5.41, 5.74) is 0. The molecule has 0 saturated heterocycles. The van der Waals surface area contributed by atoms with Gasteiger partial charge in [0.15, 0.2) is 0 Å². The van der Waals surface area contributed by atoms with Crippen LogP contribution in [0.3, 0.4) is 0 Å². The molecule has 0 aromatic heterocycles. The van der Waals surface area contributed by atoms with Gasteiger partial charge < -0.3 is 4.90 Å². The molecule has 7 heavy (non-hydrogen) atoms. The summed E-state index contributed by atoms with van der Waals surface area (Å²) in [5, 5.41) is 0.463. The zero-order chi connectivity index (χ0) is 5.28. The van der Waals surface area contributed by atoms with Crippen molar-refractivity contribution < 1.29 is 0 Å². The van der Waals surface area contributed by atoms with E-state index in [-0.39, 0.29) is 0 Å². The van der Waals surface area contributed by atoms with E-state index in [0.29, 0.717) is 5.25 Å². The second kappa shape index (κ2) is 1.78. The second-order valence-corrected chi connectivity index (χ2v) is 2.51. The third-order valence-electron chi connectivity index (χ3n) is 1.04. The van der Waals surface area contributed by atoms with Crippen LogP contribution in [0.25, 0.3) is 0 Å². The van der Waals surface area contributed by atoms with Gasteiger partial charge in [-0.25, -0.2) is 0 Å². The predicted octanol–water partition coefficient (Wildman–Crippen LogP) is 0.744.